The van der Waals surface area contributed by atoms with Gasteiger partial charge in [0.05, 0.1) is 11.4 Å². The van der Waals surface area contributed by atoms with E-state index in [2.05, 4.69) is 20.8 Å². The summed E-state index contributed by atoms with van der Waals surface area (Å²) in [6.45, 7) is 2.18. The molecule has 0 atom stereocenters. The molecule has 1 aliphatic rings. The van der Waals surface area contributed by atoms with Crippen LogP contribution in [0, 0.1) is 0 Å². The Hall–Kier alpha value is -0.410. The molecule has 15 heavy (non-hydrogen) atoms. The second kappa shape index (κ2) is 4.62. The van der Waals surface area contributed by atoms with Crippen LogP contribution in [-0.4, -0.2) is 13.1 Å². The first-order valence-corrected chi connectivity index (χ1v) is 6.35. The zero-order chi connectivity index (χ0) is 10.8. The third-order valence-electron chi connectivity index (χ3n) is 2.73. The van der Waals surface area contributed by atoms with Crippen molar-refractivity contribution in [1.29, 1.82) is 0 Å². The maximum absolute atomic E-state index is 6.00. The topological polar surface area (TPSA) is 29.3 Å². The average Bonchev–Trinajstić information content (AvgIpc) is 2.17. The largest absolute Gasteiger partial charge is 0.397 e. The summed E-state index contributed by atoms with van der Waals surface area (Å²) in [4.78, 5) is 2.33. The van der Waals surface area contributed by atoms with Gasteiger partial charge in [0.2, 0.25) is 0 Å². The van der Waals surface area contributed by atoms with E-state index in [1.807, 2.05) is 12.1 Å². The molecule has 0 radical (unpaired) electrons. The minimum Gasteiger partial charge on any atom is -0.397 e. The predicted molar refractivity (Wildman–Crippen MR) is 69.6 cm³/mol. The fourth-order valence-corrected chi connectivity index (χ4v) is 3.12. The number of hydrogen-bond acceptors (Lipinski definition) is 2. The number of halogens is 2. The highest BCUT2D eigenvalue weighted by atomic mass is 79.9. The van der Waals surface area contributed by atoms with Gasteiger partial charge in [0.25, 0.3) is 0 Å². The maximum Gasteiger partial charge on any atom is 0.0745 e. The summed E-state index contributed by atoms with van der Waals surface area (Å²) in [7, 11) is 0. The van der Waals surface area contributed by atoms with E-state index in [1.165, 1.54) is 19.3 Å². The van der Waals surface area contributed by atoms with Gasteiger partial charge in [-0.15, -0.1) is 0 Å². The number of nitrogen functional groups attached to an aromatic ring is 1. The molecule has 2 rings (SSSR count). The van der Waals surface area contributed by atoms with Crippen molar-refractivity contribution in [2.24, 2.45) is 0 Å². The molecule has 0 saturated carbocycles. The molecule has 1 aromatic carbocycles. The lowest BCUT2D eigenvalue weighted by molar-refractivity contribution is 0.578. The summed E-state index contributed by atoms with van der Waals surface area (Å²) in [5.41, 5.74) is 7.85. The molecule has 1 heterocycles. The van der Waals surface area contributed by atoms with E-state index >= 15 is 0 Å². The molecule has 4 heteroatoms. The van der Waals surface area contributed by atoms with Crippen LogP contribution in [0.1, 0.15) is 19.3 Å². The van der Waals surface area contributed by atoms with Crippen molar-refractivity contribution in [1.82, 2.24) is 0 Å². The Morgan fingerprint density at radius 1 is 1.20 bits per heavy atom. The summed E-state index contributed by atoms with van der Waals surface area (Å²) in [5, 5.41) is 0.681. The van der Waals surface area contributed by atoms with Crippen LogP contribution < -0.4 is 10.6 Å². The van der Waals surface area contributed by atoms with Gasteiger partial charge in [-0.3, -0.25) is 0 Å². The van der Waals surface area contributed by atoms with Crippen LogP contribution in [0.2, 0.25) is 5.02 Å². The molecule has 0 unspecified atom stereocenters. The van der Waals surface area contributed by atoms with Gasteiger partial charge < -0.3 is 10.6 Å². The molecular formula is C11H14BrClN2. The second-order valence-electron chi connectivity index (χ2n) is 3.87. The fourth-order valence-electron chi connectivity index (χ4n) is 2.04. The zero-order valence-corrected chi connectivity index (χ0v) is 10.8. The van der Waals surface area contributed by atoms with Crippen molar-refractivity contribution in [3.05, 3.63) is 21.6 Å². The molecule has 1 aliphatic heterocycles. The summed E-state index contributed by atoms with van der Waals surface area (Å²) in [5.74, 6) is 0. The standard InChI is InChI=1S/C11H14BrClN2/c12-9-6-8(13)7-10(14)11(9)15-4-2-1-3-5-15/h6-7H,1-5,14H2. The molecule has 2 N–H and O–H groups in total. The van der Waals surface area contributed by atoms with Crippen molar-refractivity contribution in [3.8, 4) is 0 Å². The Morgan fingerprint density at radius 3 is 2.47 bits per heavy atom. The highest BCUT2D eigenvalue weighted by molar-refractivity contribution is 9.10. The van der Waals surface area contributed by atoms with E-state index in [0.29, 0.717) is 5.02 Å². The summed E-state index contributed by atoms with van der Waals surface area (Å²) < 4.78 is 0.995. The minimum absolute atomic E-state index is 0.681. The van der Waals surface area contributed by atoms with Gasteiger partial charge in [-0.25, -0.2) is 0 Å². The lowest BCUT2D eigenvalue weighted by Gasteiger charge is -2.30. The highest BCUT2D eigenvalue weighted by Crippen LogP contribution is 2.36. The van der Waals surface area contributed by atoms with Gasteiger partial charge in [-0.05, 0) is 47.3 Å². The monoisotopic (exact) mass is 288 g/mol. The van der Waals surface area contributed by atoms with Crippen LogP contribution in [0.25, 0.3) is 0 Å². The van der Waals surface area contributed by atoms with Crippen molar-refractivity contribution in [2.75, 3.05) is 23.7 Å². The number of nitrogens with two attached hydrogens (primary N) is 1. The lowest BCUT2D eigenvalue weighted by Crippen LogP contribution is -2.30. The van der Waals surface area contributed by atoms with Crippen molar-refractivity contribution in [2.45, 2.75) is 19.3 Å². The van der Waals surface area contributed by atoms with E-state index in [0.717, 1.165) is 28.9 Å². The molecule has 1 aromatic rings. The Morgan fingerprint density at radius 2 is 1.87 bits per heavy atom. The van der Waals surface area contributed by atoms with Crippen molar-refractivity contribution < 1.29 is 0 Å². The van der Waals surface area contributed by atoms with Crippen LogP contribution in [0.15, 0.2) is 16.6 Å². The number of hydrogen-bond donors (Lipinski definition) is 1. The normalized spacial score (nSPS) is 16.8. The molecule has 1 fully saturated rings. The van der Waals surface area contributed by atoms with Gasteiger partial charge in [-0.1, -0.05) is 11.6 Å². The van der Waals surface area contributed by atoms with E-state index in [-0.39, 0.29) is 0 Å². The predicted octanol–water partition coefficient (Wildman–Crippen LogP) is 3.68. The van der Waals surface area contributed by atoms with E-state index < -0.39 is 0 Å². The van der Waals surface area contributed by atoms with E-state index in [1.54, 1.807) is 0 Å². The SMILES string of the molecule is Nc1cc(Cl)cc(Br)c1N1CCCCC1. The third kappa shape index (κ3) is 2.40. The molecular weight excluding hydrogens is 275 g/mol. The third-order valence-corrected chi connectivity index (χ3v) is 3.55. The maximum atomic E-state index is 6.00. The first-order chi connectivity index (χ1) is 7.18. The van der Waals surface area contributed by atoms with Gasteiger partial charge in [-0.2, -0.15) is 0 Å². The first kappa shape index (κ1) is 11.1. The Bertz CT molecular complexity index is 339. The van der Waals surface area contributed by atoms with Gasteiger partial charge in [0, 0.05) is 22.6 Å². The lowest BCUT2D eigenvalue weighted by atomic mass is 10.1. The highest BCUT2D eigenvalue weighted by Gasteiger charge is 2.16. The number of benzene rings is 1. The molecule has 82 valence electrons. The van der Waals surface area contributed by atoms with Crippen LogP contribution in [0.4, 0.5) is 11.4 Å². The van der Waals surface area contributed by atoms with Crippen LogP contribution in [0.5, 0.6) is 0 Å². The molecule has 1 saturated heterocycles. The fraction of sp³-hybridized carbons (Fsp3) is 0.455. The van der Waals surface area contributed by atoms with Crippen LogP contribution >= 0.6 is 27.5 Å². The Labute approximate surface area is 104 Å². The second-order valence-corrected chi connectivity index (χ2v) is 5.16. The Kier molecular flexibility index (Phi) is 3.42. The van der Waals surface area contributed by atoms with Crippen LogP contribution in [-0.2, 0) is 0 Å². The smallest absolute Gasteiger partial charge is 0.0745 e. The Balaban J connectivity index is 2.33. The van der Waals surface area contributed by atoms with Crippen LogP contribution in [0.3, 0.4) is 0 Å². The summed E-state index contributed by atoms with van der Waals surface area (Å²) in [6.07, 6.45) is 3.81. The quantitative estimate of drug-likeness (QED) is 0.799. The zero-order valence-electron chi connectivity index (χ0n) is 8.47. The number of rotatable bonds is 1. The van der Waals surface area contributed by atoms with Gasteiger partial charge in [0.15, 0.2) is 0 Å². The number of anilines is 2. The average molecular weight is 290 g/mol. The molecule has 0 bridgehead atoms. The van der Waals surface area contributed by atoms with Gasteiger partial charge >= 0.3 is 0 Å². The summed E-state index contributed by atoms with van der Waals surface area (Å²) >= 11 is 9.46. The molecule has 0 aromatic heterocycles. The molecule has 2 nitrogen and oxygen atoms in total. The molecule has 0 amide bonds. The molecule has 0 aliphatic carbocycles. The molecule has 0 spiro atoms. The first-order valence-electron chi connectivity index (χ1n) is 5.18. The van der Waals surface area contributed by atoms with Crippen molar-refractivity contribution in [3.63, 3.8) is 0 Å². The van der Waals surface area contributed by atoms with E-state index in [9.17, 15) is 0 Å². The van der Waals surface area contributed by atoms with E-state index in [4.69, 9.17) is 17.3 Å². The minimum atomic E-state index is 0.681. The van der Waals surface area contributed by atoms with Crippen molar-refractivity contribution >= 4 is 38.9 Å². The summed E-state index contributed by atoms with van der Waals surface area (Å²) in [6, 6.07) is 3.72. The number of piperidine rings is 1. The van der Waals surface area contributed by atoms with Gasteiger partial charge in [0.1, 0.15) is 0 Å². The number of nitrogens with zero attached hydrogens (tertiary/aromatic N) is 1.